The van der Waals surface area contributed by atoms with E-state index in [9.17, 15) is 9.59 Å². The number of amides is 2. The molecule has 1 unspecified atom stereocenters. The van der Waals surface area contributed by atoms with Crippen molar-refractivity contribution in [1.29, 1.82) is 0 Å². The van der Waals surface area contributed by atoms with Gasteiger partial charge < -0.3 is 9.88 Å². The summed E-state index contributed by atoms with van der Waals surface area (Å²) < 4.78 is 0. The third-order valence-electron chi connectivity index (χ3n) is 4.65. The number of hydrogen-bond acceptors (Lipinski definition) is 5. The van der Waals surface area contributed by atoms with Gasteiger partial charge in [-0.25, -0.2) is 0 Å². The summed E-state index contributed by atoms with van der Waals surface area (Å²) in [4.78, 5) is 29.9. The number of H-pyrrole nitrogens is 1. The fourth-order valence-electron chi connectivity index (χ4n) is 3.29. The molecule has 1 fully saturated rings. The highest BCUT2D eigenvalue weighted by atomic mass is 32.1. The number of para-hydroxylation sites is 1. The van der Waals surface area contributed by atoms with E-state index in [-0.39, 0.29) is 11.8 Å². The van der Waals surface area contributed by atoms with Gasteiger partial charge in [0.2, 0.25) is 16.9 Å². The van der Waals surface area contributed by atoms with Gasteiger partial charge in [-0.2, -0.15) is 0 Å². The third kappa shape index (κ3) is 3.08. The zero-order valence-electron chi connectivity index (χ0n) is 14.4. The second-order valence-corrected chi connectivity index (χ2v) is 7.34. The highest BCUT2D eigenvalue weighted by Crippen LogP contribution is 2.26. The van der Waals surface area contributed by atoms with Crippen LogP contribution in [0.2, 0.25) is 0 Å². The fraction of sp³-hybridized carbons (Fsp3) is 0.333. The number of likely N-dealkylation sites (tertiary alicyclic amines) is 1. The van der Waals surface area contributed by atoms with Gasteiger partial charge in [0.05, 0.1) is 0 Å². The van der Waals surface area contributed by atoms with Crippen molar-refractivity contribution < 1.29 is 9.59 Å². The summed E-state index contributed by atoms with van der Waals surface area (Å²) in [5, 5.41) is 13.2. The maximum atomic E-state index is 12.7. The maximum Gasteiger partial charge on any atom is 0.249 e. The smallest absolute Gasteiger partial charge is 0.249 e. The van der Waals surface area contributed by atoms with Crippen molar-refractivity contribution >= 4 is 39.2 Å². The highest BCUT2D eigenvalue weighted by Gasteiger charge is 2.36. The van der Waals surface area contributed by atoms with E-state index in [1.54, 1.807) is 4.90 Å². The van der Waals surface area contributed by atoms with E-state index in [2.05, 4.69) is 20.5 Å². The number of aromatic amines is 1. The predicted molar refractivity (Wildman–Crippen MR) is 99.8 cm³/mol. The molecule has 26 heavy (non-hydrogen) atoms. The summed E-state index contributed by atoms with van der Waals surface area (Å²) in [5.74, 6) is -0.198. The molecule has 3 heterocycles. The minimum absolute atomic E-state index is 0.00180. The molecule has 0 radical (unpaired) electrons. The van der Waals surface area contributed by atoms with E-state index in [1.807, 2.05) is 37.4 Å². The van der Waals surface area contributed by atoms with Gasteiger partial charge in [-0.1, -0.05) is 36.5 Å². The highest BCUT2D eigenvalue weighted by molar-refractivity contribution is 7.15. The van der Waals surface area contributed by atoms with Crippen LogP contribution < -0.4 is 5.32 Å². The lowest BCUT2D eigenvalue weighted by Gasteiger charge is -2.23. The zero-order valence-corrected chi connectivity index (χ0v) is 15.2. The van der Waals surface area contributed by atoms with Crippen LogP contribution in [0.4, 0.5) is 5.13 Å². The van der Waals surface area contributed by atoms with Crippen LogP contribution >= 0.6 is 11.3 Å². The zero-order chi connectivity index (χ0) is 18.1. The van der Waals surface area contributed by atoms with E-state index in [0.29, 0.717) is 24.5 Å². The van der Waals surface area contributed by atoms with Crippen molar-refractivity contribution in [1.82, 2.24) is 20.1 Å². The van der Waals surface area contributed by atoms with Crippen LogP contribution in [0.25, 0.3) is 10.9 Å². The number of nitrogens with one attached hydrogen (secondary N) is 2. The summed E-state index contributed by atoms with van der Waals surface area (Å²) in [5.41, 5.74) is 2.04. The Morgan fingerprint density at radius 1 is 1.38 bits per heavy atom. The van der Waals surface area contributed by atoms with Crippen molar-refractivity contribution in [3.63, 3.8) is 0 Å². The fourth-order valence-corrected chi connectivity index (χ4v) is 3.97. The minimum atomic E-state index is -0.481. The number of nitrogens with zero attached hydrogens (tertiary/aromatic N) is 3. The van der Waals surface area contributed by atoms with Crippen LogP contribution in [-0.4, -0.2) is 37.9 Å². The van der Waals surface area contributed by atoms with Gasteiger partial charge in [0, 0.05) is 30.1 Å². The van der Waals surface area contributed by atoms with E-state index >= 15 is 0 Å². The Morgan fingerprint density at radius 3 is 3.04 bits per heavy atom. The SMILES string of the molecule is CCc1nnc(NC(=O)C2CCC(=O)N2Cc2c[nH]c3ccccc23)s1. The maximum absolute atomic E-state index is 12.7. The first-order valence-electron chi connectivity index (χ1n) is 8.63. The van der Waals surface area contributed by atoms with Gasteiger partial charge in [0.1, 0.15) is 11.0 Å². The monoisotopic (exact) mass is 369 g/mol. The van der Waals surface area contributed by atoms with E-state index in [1.165, 1.54) is 11.3 Å². The number of fused-ring (bicyclic) bond motifs is 1. The molecule has 1 atom stereocenters. The number of rotatable bonds is 5. The molecule has 0 spiro atoms. The number of anilines is 1. The standard InChI is InChI=1S/C18H19N5O2S/c1-2-15-21-22-18(26-15)20-17(25)14-7-8-16(24)23(14)10-11-9-19-13-6-4-3-5-12(11)13/h3-6,9,14,19H,2,7-8,10H2,1H3,(H,20,22,25). The molecule has 134 valence electrons. The second-order valence-electron chi connectivity index (χ2n) is 6.28. The van der Waals surface area contributed by atoms with Crippen LogP contribution in [0.5, 0.6) is 0 Å². The normalized spacial score (nSPS) is 17.2. The van der Waals surface area contributed by atoms with Gasteiger partial charge in [-0.15, -0.1) is 10.2 Å². The molecule has 1 saturated heterocycles. The van der Waals surface area contributed by atoms with Crippen LogP contribution in [-0.2, 0) is 22.6 Å². The molecule has 1 aliphatic heterocycles. The molecule has 8 heteroatoms. The lowest BCUT2D eigenvalue weighted by atomic mass is 10.1. The lowest BCUT2D eigenvalue weighted by molar-refractivity contribution is -0.133. The summed E-state index contributed by atoms with van der Waals surface area (Å²) in [6.45, 7) is 2.40. The van der Waals surface area contributed by atoms with Crippen molar-refractivity contribution in [3.8, 4) is 0 Å². The van der Waals surface area contributed by atoms with Crippen LogP contribution in [0.15, 0.2) is 30.5 Å². The first-order chi connectivity index (χ1) is 12.7. The molecular formula is C18H19N5O2S. The molecule has 3 aromatic rings. The van der Waals surface area contributed by atoms with Crippen molar-refractivity contribution in [2.45, 2.75) is 38.8 Å². The lowest BCUT2D eigenvalue weighted by Crippen LogP contribution is -2.41. The Bertz CT molecular complexity index is 963. The van der Waals surface area contributed by atoms with Crippen molar-refractivity contribution in [3.05, 3.63) is 41.0 Å². The number of aromatic nitrogens is 3. The Kier molecular flexibility index (Phi) is 4.42. The summed E-state index contributed by atoms with van der Waals surface area (Å²) in [7, 11) is 0. The number of aryl methyl sites for hydroxylation is 1. The Balaban J connectivity index is 1.52. The first kappa shape index (κ1) is 16.7. The molecule has 1 aliphatic rings. The average Bonchev–Trinajstić information content (AvgIpc) is 3.36. The molecule has 7 nitrogen and oxygen atoms in total. The second kappa shape index (κ2) is 6.87. The van der Waals surface area contributed by atoms with Crippen LogP contribution in [0.3, 0.4) is 0 Å². The molecule has 1 aromatic carbocycles. The molecule has 0 saturated carbocycles. The van der Waals surface area contributed by atoms with Crippen LogP contribution in [0, 0.1) is 0 Å². The average molecular weight is 369 g/mol. The first-order valence-corrected chi connectivity index (χ1v) is 9.45. The largest absolute Gasteiger partial charge is 0.361 e. The number of benzene rings is 1. The molecule has 4 rings (SSSR count). The van der Waals surface area contributed by atoms with Gasteiger partial charge in [0.25, 0.3) is 0 Å². The van der Waals surface area contributed by atoms with Gasteiger partial charge in [0.15, 0.2) is 0 Å². The van der Waals surface area contributed by atoms with E-state index < -0.39 is 6.04 Å². The summed E-state index contributed by atoms with van der Waals surface area (Å²) in [6, 6.07) is 7.47. The molecular weight excluding hydrogens is 350 g/mol. The predicted octanol–water partition coefficient (Wildman–Crippen LogP) is 2.71. The Hall–Kier alpha value is -2.74. The van der Waals surface area contributed by atoms with E-state index in [4.69, 9.17) is 0 Å². The summed E-state index contributed by atoms with van der Waals surface area (Å²) in [6.07, 6.45) is 3.59. The number of carbonyl (C=O) groups is 2. The molecule has 2 aromatic heterocycles. The van der Waals surface area contributed by atoms with Crippen LogP contribution in [0.1, 0.15) is 30.3 Å². The molecule has 0 aliphatic carbocycles. The third-order valence-corrected chi connectivity index (χ3v) is 5.63. The molecule has 2 N–H and O–H groups in total. The Labute approximate surface area is 154 Å². The number of carbonyl (C=O) groups excluding carboxylic acids is 2. The Morgan fingerprint density at radius 2 is 2.23 bits per heavy atom. The molecule has 0 bridgehead atoms. The van der Waals surface area contributed by atoms with Crippen molar-refractivity contribution in [2.24, 2.45) is 0 Å². The topological polar surface area (TPSA) is 91.0 Å². The molecule has 2 amide bonds. The summed E-state index contributed by atoms with van der Waals surface area (Å²) >= 11 is 1.37. The minimum Gasteiger partial charge on any atom is -0.361 e. The van der Waals surface area contributed by atoms with Gasteiger partial charge in [-0.3, -0.25) is 14.9 Å². The quantitative estimate of drug-likeness (QED) is 0.723. The van der Waals surface area contributed by atoms with Gasteiger partial charge >= 0.3 is 0 Å². The number of hydrogen-bond donors (Lipinski definition) is 2. The van der Waals surface area contributed by atoms with E-state index in [0.717, 1.165) is 27.9 Å². The van der Waals surface area contributed by atoms with Gasteiger partial charge in [-0.05, 0) is 24.5 Å². The van der Waals surface area contributed by atoms with Crippen molar-refractivity contribution in [2.75, 3.05) is 5.32 Å².